The summed E-state index contributed by atoms with van der Waals surface area (Å²) in [5.41, 5.74) is 4.36. The lowest BCUT2D eigenvalue weighted by atomic mass is 10.1. The van der Waals surface area contributed by atoms with Crippen molar-refractivity contribution < 1.29 is 4.79 Å². The summed E-state index contributed by atoms with van der Waals surface area (Å²) in [5, 5.41) is 15.2. The number of pyridine rings is 1. The van der Waals surface area contributed by atoms with E-state index in [1.54, 1.807) is 6.20 Å². The zero-order valence-corrected chi connectivity index (χ0v) is 14.9. The molecule has 1 aliphatic rings. The first-order chi connectivity index (χ1) is 12.6. The van der Waals surface area contributed by atoms with Crippen molar-refractivity contribution in [1.82, 2.24) is 20.5 Å². The van der Waals surface area contributed by atoms with Crippen LogP contribution in [0.15, 0.2) is 42.6 Å². The summed E-state index contributed by atoms with van der Waals surface area (Å²) < 4.78 is 0. The summed E-state index contributed by atoms with van der Waals surface area (Å²) in [6.45, 7) is 3.92. The van der Waals surface area contributed by atoms with Gasteiger partial charge in [0.15, 0.2) is 0 Å². The van der Waals surface area contributed by atoms with Crippen LogP contribution in [0.25, 0.3) is 10.9 Å². The summed E-state index contributed by atoms with van der Waals surface area (Å²) in [6, 6.07) is 11.3. The van der Waals surface area contributed by atoms with Gasteiger partial charge in [-0.2, -0.15) is 10.2 Å². The van der Waals surface area contributed by atoms with E-state index in [0.717, 1.165) is 46.4 Å². The van der Waals surface area contributed by atoms with Crippen LogP contribution in [0.5, 0.6) is 0 Å². The Morgan fingerprint density at radius 1 is 1.15 bits per heavy atom. The van der Waals surface area contributed by atoms with Gasteiger partial charge in [-0.25, -0.2) is 4.79 Å². The number of hydrogen-bond acceptors (Lipinski definition) is 4. The SMILES string of the molecule is Cc1ccnc([C@H](NC(=O)Nc2cccc3nnc(C)cc23)C2CC2)c1. The number of carbonyl (C=O) groups is 1. The van der Waals surface area contributed by atoms with Crippen molar-refractivity contribution in [3.63, 3.8) is 0 Å². The molecule has 0 unspecified atom stereocenters. The third-order valence-electron chi connectivity index (χ3n) is 4.64. The topological polar surface area (TPSA) is 79.8 Å². The predicted molar refractivity (Wildman–Crippen MR) is 101 cm³/mol. The summed E-state index contributed by atoms with van der Waals surface area (Å²) in [6.07, 6.45) is 4.03. The Morgan fingerprint density at radius 2 is 2.00 bits per heavy atom. The average molecular weight is 347 g/mol. The van der Waals surface area contributed by atoms with Crippen molar-refractivity contribution in [2.45, 2.75) is 32.7 Å². The molecule has 2 N–H and O–H groups in total. The monoisotopic (exact) mass is 347 g/mol. The van der Waals surface area contributed by atoms with E-state index in [2.05, 4.69) is 25.8 Å². The Kier molecular flexibility index (Phi) is 4.24. The molecule has 0 bridgehead atoms. The van der Waals surface area contributed by atoms with Gasteiger partial charge in [-0.05, 0) is 68.5 Å². The first-order valence-electron chi connectivity index (χ1n) is 8.83. The molecule has 6 heteroatoms. The van der Waals surface area contributed by atoms with Gasteiger partial charge in [0.2, 0.25) is 0 Å². The van der Waals surface area contributed by atoms with Gasteiger partial charge >= 0.3 is 6.03 Å². The van der Waals surface area contributed by atoms with E-state index in [1.807, 2.05) is 50.2 Å². The maximum Gasteiger partial charge on any atom is 0.319 e. The van der Waals surface area contributed by atoms with Gasteiger partial charge in [0, 0.05) is 11.6 Å². The molecule has 1 aromatic carbocycles. The summed E-state index contributed by atoms with van der Waals surface area (Å²) in [5.74, 6) is 0.454. The van der Waals surface area contributed by atoms with Gasteiger partial charge in [-0.1, -0.05) is 6.07 Å². The minimum absolute atomic E-state index is 0.0635. The minimum Gasteiger partial charge on any atom is -0.329 e. The van der Waals surface area contributed by atoms with E-state index in [4.69, 9.17) is 0 Å². The molecule has 6 nitrogen and oxygen atoms in total. The van der Waals surface area contributed by atoms with E-state index in [9.17, 15) is 4.79 Å². The van der Waals surface area contributed by atoms with Gasteiger partial charge in [-0.3, -0.25) is 4.98 Å². The number of nitrogens with zero attached hydrogens (tertiary/aromatic N) is 3. The quantitative estimate of drug-likeness (QED) is 0.750. The molecule has 3 aromatic rings. The Balaban J connectivity index is 1.55. The van der Waals surface area contributed by atoms with Crippen molar-refractivity contribution in [2.24, 2.45) is 5.92 Å². The highest BCUT2D eigenvalue weighted by Gasteiger charge is 2.34. The number of amides is 2. The lowest BCUT2D eigenvalue weighted by molar-refractivity contribution is 0.246. The number of hydrogen-bond donors (Lipinski definition) is 2. The molecule has 0 spiro atoms. The molecule has 0 radical (unpaired) electrons. The molecule has 26 heavy (non-hydrogen) atoms. The van der Waals surface area contributed by atoms with Crippen molar-refractivity contribution >= 4 is 22.6 Å². The number of carbonyl (C=O) groups excluding carboxylic acids is 1. The molecule has 4 rings (SSSR count). The summed E-state index contributed by atoms with van der Waals surface area (Å²) >= 11 is 0. The average Bonchev–Trinajstić information content (AvgIpc) is 3.45. The van der Waals surface area contributed by atoms with E-state index < -0.39 is 0 Å². The van der Waals surface area contributed by atoms with Crippen LogP contribution in [-0.2, 0) is 0 Å². The number of aryl methyl sites for hydroxylation is 2. The maximum atomic E-state index is 12.7. The first kappa shape index (κ1) is 16.4. The molecular weight excluding hydrogens is 326 g/mol. The lowest BCUT2D eigenvalue weighted by Crippen LogP contribution is -2.34. The van der Waals surface area contributed by atoms with Gasteiger partial charge in [-0.15, -0.1) is 0 Å². The zero-order chi connectivity index (χ0) is 18.1. The number of benzene rings is 1. The molecule has 1 aliphatic carbocycles. The highest BCUT2D eigenvalue weighted by Crippen LogP contribution is 2.40. The second kappa shape index (κ2) is 6.71. The van der Waals surface area contributed by atoms with Gasteiger partial charge in [0.1, 0.15) is 0 Å². The van der Waals surface area contributed by atoms with Crippen molar-refractivity contribution in [1.29, 1.82) is 0 Å². The highest BCUT2D eigenvalue weighted by atomic mass is 16.2. The predicted octanol–water partition coefficient (Wildman–Crippen LogP) is 3.91. The Labute approximate surface area is 152 Å². The fraction of sp³-hybridized carbons (Fsp3) is 0.300. The normalized spacial score (nSPS) is 14.8. The number of urea groups is 1. The number of nitrogens with one attached hydrogen (secondary N) is 2. The molecule has 1 saturated carbocycles. The zero-order valence-electron chi connectivity index (χ0n) is 14.9. The maximum absolute atomic E-state index is 12.7. The van der Waals surface area contributed by atoms with Crippen LogP contribution in [0.2, 0.25) is 0 Å². The molecule has 0 aliphatic heterocycles. The number of aromatic nitrogens is 3. The minimum atomic E-state index is -0.229. The fourth-order valence-electron chi connectivity index (χ4n) is 3.16. The van der Waals surface area contributed by atoms with E-state index in [-0.39, 0.29) is 12.1 Å². The van der Waals surface area contributed by atoms with E-state index in [1.165, 1.54) is 0 Å². The largest absolute Gasteiger partial charge is 0.329 e. The summed E-state index contributed by atoms with van der Waals surface area (Å²) in [7, 11) is 0. The Bertz CT molecular complexity index is 967. The molecule has 2 heterocycles. The van der Waals surface area contributed by atoms with Crippen LogP contribution >= 0.6 is 0 Å². The van der Waals surface area contributed by atoms with Gasteiger partial charge in [0.25, 0.3) is 0 Å². The number of fused-ring (bicyclic) bond motifs is 1. The fourth-order valence-corrected chi connectivity index (χ4v) is 3.16. The van der Waals surface area contributed by atoms with Crippen LogP contribution in [0.1, 0.15) is 35.8 Å². The van der Waals surface area contributed by atoms with Crippen LogP contribution in [0.3, 0.4) is 0 Å². The third kappa shape index (κ3) is 3.49. The van der Waals surface area contributed by atoms with Crippen LogP contribution in [0.4, 0.5) is 10.5 Å². The first-order valence-corrected chi connectivity index (χ1v) is 8.83. The molecule has 2 aromatic heterocycles. The molecular formula is C20H21N5O. The molecule has 1 fully saturated rings. The van der Waals surface area contributed by atoms with E-state index in [0.29, 0.717) is 5.92 Å². The molecule has 2 amide bonds. The van der Waals surface area contributed by atoms with Crippen molar-refractivity contribution in [3.05, 3.63) is 59.5 Å². The Hall–Kier alpha value is -3.02. The van der Waals surface area contributed by atoms with Crippen LogP contribution in [0, 0.1) is 19.8 Å². The number of anilines is 1. The second-order valence-corrected chi connectivity index (χ2v) is 6.90. The third-order valence-corrected chi connectivity index (χ3v) is 4.64. The summed E-state index contributed by atoms with van der Waals surface area (Å²) in [4.78, 5) is 17.1. The number of rotatable bonds is 4. The molecule has 0 saturated heterocycles. The highest BCUT2D eigenvalue weighted by molar-refractivity contribution is 6.00. The molecule has 132 valence electrons. The van der Waals surface area contributed by atoms with Crippen LogP contribution < -0.4 is 10.6 Å². The standard InChI is InChI=1S/C20H21N5O/c1-12-8-9-21-18(10-12)19(14-6-7-14)23-20(26)22-16-4-3-5-17-15(16)11-13(2)24-25-17/h3-5,8-11,14,19H,6-7H2,1-2H3,(H2,22,23,26)/t19-/m1/s1. The van der Waals surface area contributed by atoms with Gasteiger partial charge < -0.3 is 10.6 Å². The smallest absolute Gasteiger partial charge is 0.319 e. The van der Waals surface area contributed by atoms with Gasteiger partial charge in [0.05, 0.1) is 28.6 Å². The van der Waals surface area contributed by atoms with E-state index >= 15 is 0 Å². The van der Waals surface area contributed by atoms with Crippen molar-refractivity contribution in [2.75, 3.05) is 5.32 Å². The Morgan fingerprint density at radius 3 is 2.77 bits per heavy atom. The second-order valence-electron chi connectivity index (χ2n) is 6.90. The molecule has 1 atom stereocenters. The lowest BCUT2D eigenvalue weighted by Gasteiger charge is -2.19. The van der Waals surface area contributed by atoms with Crippen molar-refractivity contribution in [3.8, 4) is 0 Å². The van der Waals surface area contributed by atoms with Crippen LogP contribution in [-0.4, -0.2) is 21.2 Å².